The zero-order valence-electron chi connectivity index (χ0n) is 10.7. The minimum atomic E-state index is -0.355. The van der Waals surface area contributed by atoms with Crippen LogP contribution in [0, 0.1) is 0 Å². The predicted molar refractivity (Wildman–Crippen MR) is 75.7 cm³/mol. The van der Waals surface area contributed by atoms with E-state index in [1.165, 1.54) is 11.3 Å². The minimum Gasteiger partial charge on any atom is -0.422 e. The van der Waals surface area contributed by atoms with Crippen LogP contribution >= 0.6 is 11.3 Å². The van der Waals surface area contributed by atoms with Crippen molar-refractivity contribution in [3.8, 4) is 17.1 Å². The van der Waals surface area contributed by atoms with E-state index in [1.54, 1.807) is 36.3 Å². The van der Waals surface area contributed by atoms with Crippen LogP contribution in [0.25, 0.3) is 11.4 Å². The van der Waals surface area contributed by atoms with Crippen LogP contribution in [0.1, 0.15) is 9.67 Å². The van der Waals surface area contributed by atoms with Gasteiger partial charge in [0.15, 0.2) is 5.82 Å². The van der Waals surface area contributed by atoms with Crippen LogP contribution in [-0.2, 0) is 7.05 Å². The number of carbonyl (C=O) groups excluding carboxylic acids is 1. The number of aryl methyl sites for hydroxylation is 1. The van der Waals surface area contributed by atoms with Gasteiger partial charge in [-0.1, -0.05) is 18.2 Å². The second-order valence-electron chi connectivity index (χ2n) is 4.14. The summed E-state index contributed by atoms with van der Waals surface area (Å²) >= 11 is 1.35. The van der Waals surface area contributed by atoms with Crippen molar-refractivity contribution in [3.63, 3.8) is 0 Å². The molecule has 0 aliphatic rings. The summed E-state index contributed by atoms with van der Waals surface area (Å²) < 4.78 is 6.96. The third-order valence-electron chi connectivity index (χ3n) is 2.62. The smallest absolute Gasteiger partial charge is 0.353 e. The summed E-state index contributed by atoms with van der Waals surface area (Å²) in [5, 5.41) is 6.06. The van der Waals surface area contributed by atoms with Gasteiger partial charge in [-0.2, -0.15) is 5.10 Å². The fourth-order valence-corrected chi connectivity index (χ4v) is 2.32. The van der Waals surface area contributed by atoms with E-state index in [0.29, 0.717) is 16.5 Å². The number of esters is 1. The molecule has 6 heteroatoms. The van der Waals surface area contributed by atoms with E-state index in [0.717, 1.165) is 5.56 Å². The van der Waals surface area contributed by atoms with Gasteiger partial charge in [0.2, 0.25) is 0 Å². The summed E-state index contributed by atoms with van der Waals surface area (Å²) in [6, 6.07) is 10.7. The Bertz CT molecular complexity index is 734. The van der Waals surface area contributed by atoms with Gasteiger partial charge < -0.3 is 4.74 Å². The van der Waals surface area contributed by atoms with E-state index in [1.807, 2.05) is 23.6 Å². The zero-order chi connectivity index (χ0) is 13.9. The molecule has 1 aromatic carbocycles. The number of hydrogen-bond donors (Lipinski definition) is 0. The molecular formula is C14H11N3O2S. The molecule has 100 valence electrons. The highest BCUT2D eigenvalue weighted by atomic mass is 32.1. The summed E-state index contributed by atoms with van der Waals surface area (Å²) in [6.45, 7) is 0. The Morgan fingerprint density at radius 2 is 2.20 bits per heavy atom. The van der Waals surface area contributed by atoms with Gasteiger partial charge in [0.05, 0.1) is 0 Å². The number of rotatable bonds is 3. The first kappa shape index (κ1) is 12.6. The third kappa shape index (κ3) is 2.60. The highest BCUT2D eigenvalue weighted by molar-refractivity contribution is 7.12. The molecule has 0 unspecified atom stereocenters. The predicted octanol–water partition coefficient (Wildman–Crippen LogP) is 2.76. The molecule has 5 nitrogen and oxygen atoms in total. The average molecular weight is 285 g/mol. The maximum absolute atomic E-state index is 11.9. The zero-order valence-corrected chi connectivity index (χ0v) is 11.5. The normalized spacial score (nSPS) is 10.4. The van der Waals surface area contributed by atoms with Crippen molar-refractivity contribution in [1.82, 2.24) is 14.8 Å². The highest BCUT2D eigenvalue weighted by Crippen LogP contribution is 2.22. The number of carbonyl (C=O) groups is 1. The second-order valence-corrected chi connectivity index (χ2v) is 5.08. The molecule has 0 aliphatic heterocycles. The molecule has 0 fully saturated rings. The Morgan fingerprint density at radius 3 is 2.90 bits per heavy atom. The van der Waals surface area contributed by atoms with Gasteiger partial charge in [-0.05, 0) is 23.6 Å². The Labute approximate surface area is 119 Å². The standard InChI is InChI=1S/C14H11N3O2S/c1-17-9-15-13(16-17)10-4-2-5-11(8-10)19-14(18)12-6-3-7-20-12/h2-9H,1H3. The SMILES string of the molecule is Cn1cnc(-c2cccc(OC(=O)c3cccs3)c2)n1. The first-order valence-electron chi connectivity index (χ1n) is 5.94. The van der Waals surface area contributed by atoms with Gasteiger partial charge in [-0.25, -0.2) is 9.78 Å². The van der Waals surface area contributed by atoms with Crippen molar-refractivity contribution < 1.29 is 9.53 Å². The molecule has 0 bridgehead atoms. The van der Waals surface area contributed by atoms with Crippen molar-refractivity contribution >= 4 is 17.3 Å². The summed E-state index contributed by atoms with van der Waals surface area (Å²) in [4.78, 5) is 16.6. The van der Waals surface area contributed by atoms with Crippen molar-refractivity contribution in [2.45, 2.75) is 0 Å². The molecule has 0 atom stereocenters. The quantitative estimate of drug-likeness (QED) is 0.548. The maximum atomic E-state index is 11.9. The molecule has 3 aromatic rings. The van der Waals surface area contributed by atoms with E-state index in [9.17, 15) is 4.79 Å². The molecule has 0 amide bonds. The molecule has 0 radical (unpaired) electrons. The van der Waals surface area contributed by atoms with Crippen LogP contribution in [0.2, 0.25) is 0 Å². The maximum Gasteiger partial charge on any atom is 0.353 e. The van der Waals surface area contributed by atoms with Crippen LogP contribution in [-0.4, -0.2) is 20.7 Å². The average Bonchev–Trinajstić information content (AvgIpc) is 3.10. The Morgan fingerprint density at radius 1 is 1.30 bits per heavy atom. The van der Waals surface area contributed by atoms with Gasteiger partial charge >= 0.3 is 5.97 Å². The molecule has 3 rings (SSSR count). The molecule has 0 aliphatic carbocycles. The van der Waals surface area contributed by atoms with Gasteiger partial charge in [0, 0.05) is 12.6 Å². The van der Waals surface area contributed by atoms with Crippen LogP contribution in [0.15, 0.2) is 48.1 Å². The molecule has 2 heterocycles. The van der Waals surface area contributed by atoms with Crippen molar-refractivity contribution in [2.24, 2.45) is 7.05 Å². The number of hydrogen-bond acceptors (Lipinski definition) is 5. The lowest BCUT2D eigenvalue weighted by molar-refractivity contribution is 0.0740. The molecular weight excluding hydrogens is 274 g/mol. The largest absolute Gasteiger partial charge is 0.422 e. The lowest BCUT2D eigenvalue weighted by Crippen LogP contribution is -2.06. The van der Waals surface area contributed by atoms with Crippen molar-refractivity contribution in [3.05, 3.63) is 53.0 Å². The van der Waals surface area contributed by atoms with E-state index in [-0.39, 0.29) is 5.97 Å². The second kappa shape index (κ2) is 5.26. The summed E-state index contributed by atoms with van der Waals surface area (Å²) in [6.07, 6.45) is 1.62. The molecule has 0 N–H and O–H groups in total. The fourth-order valence-electron chi connectivity index (χ4n) is 1.72. The number of ether oxygens (including phenoxy) is 1. The van der Waals surface area contributed by atoms with E-state index in [2.05, 4.69) is 10.1 Å². The number of benzene rings is 1. The van der Waals surface area contributed by atoms with Crippen molar-refractivity contribution in [2.75, 3.05) is 0 Å². The first-order chi connectivity index (χ1) is 9.72. The van der Waals surface area contributed by atoms with Gasteiger partial charge in [0.25, 0.3) is 0 Å². The lowest BCUT2D eigenvalue weighted by atomic mass is 10.2. The van der Waals surface area contributed by atoms with Crippen LogP contribution in [0.5, 0.6) is 5.75 Å². The molecule has 0 spiro atoms. The van der Waals surface area contributed by atoms with Gasteiger partial charge in [0.1, 0.15) is 17.0 Å². The Balaban J connectivity index is 1.83. The van der Waals surface area contributed by atoms with E-state index < -0.39 is 0 Å². The highest BCUT2D eigenvalue weighted by Gasteiger charge is 2.11. The van der Waals surface area contributed by atoms with E-state index >= 15 is 0 Å². The fraction of sp³-hybridized carbons (Fsp3) is 0.0714. The topological polar surface area (TPSA) is 57.0 Å². The van der Waals surface area contributed by atoms with Crippen molar-refractivity contribution in [1.29, 1.82) is 0 Å². The monoisotopic (exact) mass is 285 g/mol. The van der Waals surface area contributed by atoms with Gasteiger partial charge in [-0.15, -0.1) is 11.3 Å². The lowest BCUT2D eigenvalue weighted by Gasteiger charge is -2.03. The Kier molecular flexibility index (Phi) is 3.30. The van der Waals surface area contributed by atoms with Crippen LogP contribution in [0.4, 0.5) is 0 Å². The minimum absolute atomic E-state index is 0.355. The summed E-state index contributed by atoms with van der Waals surface area (Å²) in [7, 11) is 1.80. The molecule has 20 heavy (non-hydrogen) atoms. The van der Waals surface area contributed by atoms with E-state index in [4.69, 9.17) is 4.74 Å². The number of nitrogens with zero attached hydrogens (tertiary/aromatic N) is 3. The summed E-state index contributed by atoms with van der Waals surface area (Å²) in [5.74, 6) is 0.723. The first-order valence-corrected chi connectivity index (χ1v) is 6.82. The summed E-state index contributed by atoms with van der Waals surface area (Å²) in [5.41, 5.74) is 0.807. The molecule has 0 saturated heterocycles. The molecule has 0 saturated carbocycles. The third-order valence-corrected chi connectivity index (χ3v) is 3.47. The number of thiophene rings is 1. The Hall–Kier alpha value is -2.47. The van der Waals surface area contributed by atoms with Gasteiger partial charge in [-0.3, -0.25) is 4.68 Å². The van der Waals surface area contributed by atoms with Crippen LogP contribution < -0.4 is 4.74 Å². The molecule has 2 aromatic heterocycles. The van der Waals surface area contributed by atoms with Crippen LogP contribution in [0.3, 0.4) is 0 Å². The number of aromatic nitrogens is 3.